The highest BCUT2D eigenvalue weighted by atomic mass is 79.9. The van der Waals surface area contributed by atoms with Crippen molar-refractivity contribution in [3.05, 3.63) is 62.8 Å². The van der Waals surface area contributed by atoms with Crippen molar-refractivity contribution in [3.63, 3.8) is 0 Å². The fraction of sp³-hybridized carbons (Fsp3) is 0.143. The molecule has 0 aromatic heterocycles. The summed E-state index contributed by atoms with van der Waals surface area (Å²) in [6.07, 6.45) is 0. The third kappa shape index (κ3) is 3.24. The first-order valence-corrected chi connectivity index (χ1v) is 6.67. The van der Waals surface area contributed by atoms with Gasteiger partial charge in [-0.1, -0.05) is 17.7 Å². The van der Waals surface area contributed by atoms with Gasteiger partial charge in [0.05, 0.1) is 5.02 Å². The molecule has 0 amide bonds. The summed E-state index contributed by atoms with van der Waals surface area (Å²) in [6, 6.07) is 10.8. The van der Waals surface area contributed by atoms with Crippen LogP contribution in [-0.2, 0) is 6.54 Å². The van der Waals surface area contributed by atoms with Gasteiger partial charge >= 0.3 is 0 Å². The van der Waals surface area contributed by atoms with Gasteiger partial charge in [-0.05, 0) is 64.3 Å². The van der Waals surface area contributed by atoms with Crippen molar-refractivity contribution in [2.45, 2.75) is 13.5 Å². The molecule has 0 saturated heterocycles. The Labute approximate surface area is 119 Å². The van der Waals surface area contributed by atoms with E-state index in [9.17, 15) is 4.39 Å². The zero-order chi connectivity index (χ0) is 13.1. The minimum absolute atomic E-state index is 0.188. The second-order valence-corrected chi connectivity index (χ2v) is 5.33. The average Bonchev–Trinajstić information content (AvgIpc) is 2.35. The van der Waals surface area contributed by atoms with Gasteiger partial charge in [-0.25, -0.2) is 4.39 Å². The number of benzene rings is 2. The van der Waals surface area contributed by atoms with Crippen LogP contribution in [0.4, 0.5) is 10.1 Å². The highest BCUT2D eigenvalue weighted by molar-refractivity contribution is 9.10. The maximum absolute atomic E-state index is 13.1. The van der Waals surface area contributed by atoms with Gasteiger partial charge in [-0.2, -0.15) is 0 Å². The predicted molar refractivity (Wildman–Crippen MR) is 77.6 cm³/mol. The van der Waals surface area contributed by atoms with Gasteiger partial charge in [0.15, 0.2) is 0 Å². The van der Waals surface area contributed by atoms with E-state index in [0.29, 0.717) is 17.1 Å². The first kappa shape index (κ1) is 13.4. The van der Waals surface area contributed by atoms with E-state index in [1.165, 1.54) is 6.07 Å². The number of hydrogen-bond acceptors (Lipinski definition) is 1. The van der Waals surface area contributed by atoms with E-state index in [4.69, 9.17) is 11.6 Å². The summed E-state index contributed by atoms with van der Waals surface area (Å²) in [5, 5.41) is 3.92. The van der Waals surface area contributed by atoms with Gasteiger partial charge in [0.1, 0.15) is 5.82 Å². The van der Waals surface area contributed by atoms with Crippen molar-refractivity contribution in [2.75, 3.05) is 5.32 Å². The maximum atomic E-state index is 13.1. The van der Waals surface area contributed by atoms with Crippen LogP contribution in [0.1, 0.15) is 11.1 Å². The molecule has 0 aliphatic rings. The Morgan fingerprint density at radius 1 is 1.22 bits per heavy atom. The fourth-order valence-electron chi connectivity index (χ4n) is 1.61. The van der Waals surface area contributed by atoms with E-state index in [0.717, 1.165) is 15.7 Å². The third-order valence-electron chi connectivity index (χ3n) is 2.64. The third-order valence-corrected chi connectivity index (χ3v) is 3.87. The van der Waals surface area contributed by atoms with E-state index in [2.05, 4.69) is 21.2 Å². The topological polar surface area (TPSA) is 12.0 Å². The quantitative estimate of drug-likeness (QED) is 0.820. The van der Waals surface area contributed by atoms with Crippen LogP contribution >= 0.6 is 27.5 Å². The van der Waals surface area contributed by atoms with E-state index >= 15 is 0 Å². The Kier molecular flexibility index (Phi) is 4.25. The molecule has 4 heteroatoms. The number of halogens is 3. The molecule has 18 heavy (non-hydrogen) atoms. The summed E-state index contributed by atoms with van der Waals surface area (Å²) >= 11 is 9.37. The number of anilines is 1. The fourth-order valence-corrected chi connectivity index (χ4v) is 2.06. The number of hydrogen-bond donors (Lipinski definition) is 1. The molecule has 0 radical (unpaired) electrons. The summed E-state index contributed by atoms with van der Waals surface area (Å²) in [7, 11) is 0. The van der Waals surface area contributed by atoms with Crippen LogP contribution in [0.2, 0.25) is 5.02 Å². The Bertz CT molecular complexity index is 520. The molecule has 2 aromatic rings. The second-order valence-electron chi connectivity index (χ2n) is 4.07. The van der Waals surface area contributed by atoms with E-state index in [1.54, 1.807) is 19.1 Å². The molecule has 0 unspecified atom stereocenters. The Morgan fingerprint density at radius 2 is 2.00 bits per heavy atom. The van der Waals surface area contributed by atoms with Crippen LogP contribution in [0.15, 0.2) is 40.9 Å². The highest BCUT2D eigenvalue weighted by Gasteiger charge is 2.01. The summed E-state index contributed by atoms with van der Waals surface area (Å²) in [4.78, 5) is 0. The molecule has 1 nitrogen and oxygen atoms in total. The summed E-state index contributed by atoms with van der Waals surface area (Å²) in [6.45, 7) is 2.40. The van der Waals surface area contributed by atoms with Crippen molar-refractivity contribution in [1.82, 2.24) is 0 Å². The molecule has 2 aromatic carbocycles. The molecule has 2 rings (SSSR count). The lowest BCUT2D eigenvalue weighted by Gasteiger charge is -2.08. The Hall–Kier alpha value is -1.06. The van der Waals surface area contributed by atoms with Crippen LogP contribution in [0.25, 0.3) is 0 Å². The van der Waals surface area contributed by atoms with Gasteiger partial charge in [0, 0.05) is 16.7 Å². The minimum atomic E-state index is -0.188. The first-order chi connectivity index (χ1) is 8.56. The van der Waals surface area contributed by atoms with E-state index in [-0.39, 0.29) is 5.82 Å². The first-order valence-electron chi connectivity index (χ1n) is 5.50. The van der Waals surface area contributed by atoms with Crippen LogP contribution in [0.5, 0.6) is 0 Å². The zero-order valence-electron chi connectivity index (χ0n) is 9.81. The van der Waals surface area contributed by atoms with E-state index < -0.39 is 0 Å². The smallest absolute Gasteiger partial charge is 0.126 e. The molecule has 0 fully saturated rings. The van der Waals surface area contributed by atoms with Crippen LogP contribution in [-0.4, -0.2) is 0 Å². The lowest BCUT2D eigenvalue weighted by molar-refractivity contribution is 0.618. The molecule has 1 N–H and O–H groups in total. The summed E-state index contributed by atoms with van der Waals surface area (Å²) in [5.74, 6) is -0.188. The largest absolute Gasteiger partial charge is 0.381 e. The summed E-state index contributed by atoms with van der Waals surface area (Å²) < 4.78 is 14.0. The molecule has 0 atom stereocenters. The molecule has 0 aliphatic heterocycles. The van der Waals surface area contributed by atoms with Crippen LogP contribution in [0, 0.1) is 12.7 Å². The monoisotopic (exact) mass is 327 g/mol. The molecular formula is C14H12BrClFN. The Morgan fingerprint density at radius 3 is 2.67 bits per heavy atom. The molecule has 0 aliphatic carbocycles. The standard InChI is InChI=1S/C14H12BrClFN/c1-9-6-11(3-5-14(9)17)18-8-10-2-4-12(15)13(16)7-10/h2-7,18H,8H2,1H3. The van der Waals surface area contributed by atoms with Gasteiger partial charge < -0.3 is 5.32 Å². The molecular weight excluding hydrogens is 317 g/mol. The van der Waals surface area contributed by atoms with Crippen molar-refractivity contribution in [3.8, 4) is 0 Å². The molecule has 0 spiro atoms. The number of nitrogens with one attached hydrogen (secondary N) is 1. The molecule has 0 bridgehead atoms. The van der Waals surface area contributed by atoms with Crippen molar-refractivity contribution in [2.24, 2.45) is 0 Å². The van der Waals surface area contributed by atoms with Crippen molar-refractivity contribution >= 4 is 33.2 Å². The van der Waals surface area contributed by atoms with Crippen LogP contribution in [0.3, 0.4) is 0 Å². The predicted octanol–water partition coefficient (Wildman–Crippen LogP) is 5.16. The SMILES string of the molecule is Cc1cc(NCc2ccc(Br)c(Cl)c2)ccc1F. The maximum Gasteiger partial charge on any atom is 0.126 e. The van der Waals surface area contributed by atoms with Crippen LogP contribution < -0.4 is 5.32 Å². The lowest BCUT2D eigenvalue weighted by atomic mass is 10.2. The van der Waals surface area contributed by atoms with Gasteiger partial charge in [-0.3, -0.25) is 0 Å². The zero-order valence-corrected chi connectivity index (χ0v) is 12.1. The number of aryl methyl sites for hydroxylation is 1. The minimum Gasteiger partial charge on any atom is -0.381 e. The van der Waals surface area contributed by atoms with Crippen molar-refractivity contribution < 1.29 is 4.39 Å². The van der Waals surface area contributed by atoms with E-state index in [1.807, 2.05) is 18.2 Å². The molecule has 0 heterocycles. The highest BCUT2D eigenvalue weighted by Crippen LogP contribution is 2.23. The normalized spacial score (nSPS) is 10.4. The van der Waals surface area contributed by atoms with Gasteiger partial charge in [0.25, 0.3) is 0 Å². The molecule has 0 saturated carbocycles. The number of rotatable bonds is 3. The average molecular weight is 329 g/mol. The lowest BCUT2D eigenvalue weighted by Crippen LogP contribution is -2.00. The molecule has 94 valence electrons. The Balaban J connectivity index is 2.06. The summed E-state index contributed by atoms with van der Waals surface area (Å²) in [5.41, 5.74) is 2.60. The van der Waals surface area contributed by atoms with Gasteiger partial charge in [0.2, 0.25) is 0 Å². The van der Waals surface area contributed by atoms with Gasteiger partial charge in [-0.15, -0.1) is 0 Å². The second kappa shape index (κ2) is 5.72. The van der Waals surface area contributed by atoms with Crippen molar-refractivity contribution in [1.29, 1.82) is 0 Å².